The molecule has 1 unspecified atom stereocenters. The number of anilines is 1. The van der Waals surface area contributed by atoms with E-state index in [1.807, 2.05) is 57.2 Å². The summed E-state index contributed by atoms with van der Waals surface area (Å²) in [6, 6.07) is 14.2. The highest BCUT2D eigenvalue weighted by molar-refractivity contribution is 7.92. The Hall–Kier alpha value is -2.87. The Morgan fingerprint density at radius 2 is 1.56 bits per heavy atom. The zero-order valence-corrected chi connectivity index (χ0v) is 21.9. The third-order valence-electron chi connectivity index (χ3n) is 5.74. The Morgan fingerprint density at radius 3 is 2.03 bits per heavy atom. The molecule has 0 bridgehead atoms. The van der Waals surface area contributed by atoms with Crippen LogP contribution in [0.1, 0.15) is 56.7 Å². The minimum Gasteiger partial charge on any atom is -0.355 e. The van der Waals surface area contributed by atoms with Crippen molar-refractivity contribution in [3.8, 4) is 0 Å². The SMILES string of the molecule is CCNC(=O)C(CC)N(Cc1ccc(C)cc1)C(=O)CN(c1ccc(C(C)C)cc1)S(C)(=O)=O. The maximum atomic E-state index is 13.6. The summed E-state index contributed by atoms with van der Waals surface area (Å²) >= 11 is 0. The normalized spacial score (nSPS) is 12.3. The Bertz CT molecular complexity index is 1060. The van der Waals surface area contributed by atoms with Crippen LogP contribution < -0.4 is 9.62 Å². The molecule has 1 atom stereocenters. The number of likely N-dealkylation sites (N-methyl/N-ethyl adjacent to an activating group) is 1. The lowest BCUT2D eigenvalue weighted by Crippen LogP contribution is -2.52. The summed E-state index contributed by atoms with van der Waals surface area (Å²) in [7, 11) is -3.74. The average Bonchev–Trinajstić information content (AvgIpc) is 2.78. The second-order valence-electron chi connectivity index (χ2n) is 8.84. The molecule has 1 N–H and O–H groups in total. The van der Waals surface area contributed by atoms with Gasteiger partial charge in [0.05, 0.1) is 11.9 Å². The molecule has 0 aliphatic heterocycles. The van der Waals surface area contributed by atoms with Gasteiger partial charge in [0.2, 0.25) is 21.8 Å². The van der Waals surface area contributed by atoms with Crippen molar-refractivity contribution in [2.24, 2.45) is 0 Å². The van der Waals surface area contributed by atoms with Crippen molar-refractivity contribution in [3.63, 3.8) is 0 Å². The molecule has 34 heavy (non-hydrogen) atoms. The van der Waals surface area contributed by atoms with E-state index < -0.39 is 22.0 Å². The maximum Gasteiger partial charge on any atom is 0.244 e. The standard InChI is InChI=1S/C26H37N3O4S/c1-7-24(26(31)27-8-2)28(17-21-11-9-20(5)10-12-21)25(30)18-29(34(6,32)33)23-15-13-22(14-16-23)19(3)4/h9-16,19,24H,7-8,17-18H2,1-6H3,(H,27,31). The molecule has 2 aromatic rings. The molecule has 0 aliphatic carbocycles. The minimum atomic E-state index is -3.74. The third kappa shape index (κ3) is 7.32. The van der Waals surface area contributed by atoms with Gasteiger partial charge in [-0.15, -0.1) is 0 Å². The highest BCUT2D eigenvalue weighted by Crippen LogP contribution is 2.23. The molecule has 0 saturated heterocycles. The fourth-order valence-electron chi connectivity index (χ4n) is 3.74. The van der Waals surface area contributed by atoms with Gasteiger partial charge < -0.3 is 10.2 Å². The van der Waals surface area contributed by atoms with Gasteiger partial charge in [-0.1, -0.05) is 62.7 Å². The largest absolute Gasteiger partial charge is 0.355 e. The summed E-state index contributed by atoms with van der Waals surface area (Å²) in [6.07, 6.45) is 1.49. The number of hydrogen-bond donors (Lipinski definition) is 1. The van der Waals surface area contributed by atoms with Gasteiger partial charge in [0.25, 0.3) is 0 Å². The van der Waals surface area contributed by atoms with Gasteiger partial charge in [-0.25, -0.2) is 8.42 Å². The first-order valence-electron chi connectivity index (χ1n) is 11.7. The van der Waals surface area contributed by atoms with Crippen molar-refractivity contribution in [2.45, 2.75) is 59.5 Å². The molecule has 2 rings (SSSR count). The van der Waals surface area contributed by atoms with Gasteiger partial charge in [-0.05, 0) is 49.4 Å². The van der Waals surface area contributed by atoms with E-state index in [4.69, 9.17) is 0 Å². The number of rotatable bonds is 11. The zero-order chi connectivity index (χ0) is 25.5. The van der Waals surface area contributed by atoms with Crippen molar-refractivity contribution in [3.05, 3.63) is 65.2 Å². The number of hydrogen-bond acceptors (Lipinski definition) is 4. The van der Waals surface area contributed by atoms with E-state index >= 15 is 0 Å². The number of carbonyl (C=O) groups excluding carboxylic acids is 2. The van der Waals surface area contributed by atoms with Crippen LogP contribution in [0.3, 0.4) is 0 Å². The van der Waals surface area contributed by atoms with Crippen LogP contribution in [0.15, 0.2) is 48.5 Å². The molecule has 7 nitrogen and oxygen atoms in total. The van der Waals surface area contributed by atoms with Gasteiger partial charge in [0, 0.05) is 13.1 Å². The number of nitrogens with one attached hydrogen (secondary N) is 1. The maximum absolute atomic E-state index is 13.6. The van der Waals surface area contributed by atoms with Crippen molar-refractivity contribution in [1.82, 2.24) is 10.2 Å². The van der Waals surface area contributed by atoms with Crippen LogP contribution in [-0.2, 0) is 26.2 Å². The number of amides is 2. The van der Waals surface area contributed by atoms with Crippen LogP contribution in [0.4, 0.5) is 5.69 Å². The zero-order valence-electron chi connectivity index (χ0n) is 21.0. The Balaban J connectivity index is 2.41. The minimum absolute atomic E-state index is 0.207. The predicted molar refractivity (Wildman–Crippen MR) is 137 cm³/mol. The van der Waals surface area contributed by atoms with Gasteiger partial charge in [-0.2, -0.15) is 0 Å². The van der Waals surface area contributed by atoms with Crippen molar-refractivity contribution >= 4 is 27.5 Å². The second kappa shape index (κ2) is 12.0. The van der Waals surface area contributed by atoms with E-state index in [0.29, 0.717) is 24.6 Å². The quantitative estimate of drug-likeness (QED) is 0.522. The molecule has 0 fully saturated rings. The number of carbonyl (C=O) groups is 2. The lowest BCUT2D eigenvalue weighted by molar-refractivity contribution is -0.140. The van der Waals surface area contributed by atoms with E-state index in [9.17, 15) is 18.0 Å². The molecule has 0 spiro atoms. The molecule has 0 saturated carbocycles. The van der Waals surface area contributed by atoms with E-state index in [0.717, 1.165) is 27.3 Å². The van der Waals surface area contributed by atoms with Crippen LogP contribution in [0.25, 0.3) is 0 Å². The van der Waals surface area contributed by atoms with Gasteiger partial charge in [0.15, 0.2) is 0 Å². The van der Waals surface area contributed by atoms with Crippen LogP contribution in [0.5, 0.6) is 0 Å². The van der Waals surface area contributed by atoms with Gasteiger partial charge >= 0.3 is 0 Å². The van der Waals surface area contributed by atoms with E-state index in [1.165, 1.54) is 4.90 Å². The molecule has 0 aliphatic rings. The Morgan fingerprint density at radius 1 is 0.971 bits per heavy atom. The smallest absolute Gasteiger partial charge is 0.244 e. The van der Waals surface area contributed by atoms with Crippen LogP contribution in [0.2, 0.25) is 0 Å². The predicted octanol–water partition coefficient (Wildman–Crippen LogP) is 3.83. The molecular weight excluding hydrogens is 450 g/mol. The molecule has 0 radical (unpaired) electrons. The topological polar surface area (TPSA) is 86.8 Å². The van der Waals surface area contributed by atoms with Crippen LogP contribution in [0, 0.1) is 6.92 Å². The van der Waals surface area contributed by atoms with Gasteiger partial charge in [0.1, 0.15) is 12.6 Å². The number of sulfonamides is 1. The highest BCUT2D eigenvalue weighted by atomic mass is 32.2. The molecule has 0 aromatic heterocycles. The lowest BCUT2D eigenvalue weighted by Gasteiger charge is -2.32. The van der Waals surface area contributed by atoms with E-state index in [2.05, 4.69) is 19.2 Å². The van der Waals surface area contributed by atoms with Gasteiger partial charge in [-0.3, -0.25) is 13.9 Å². The molecule has 186 valence electrons. The Labute approximate surface area is 204 Å². The summed E-state index contributed by atoms with van der Waals surface area (Å²) in [6.45, 7) is 10.0. The fourth-order valence-corrected chi connectivity index (χ4v) is 4.59. The molecule has 0 heterocycles. The van der Waals surface area contributed by atoms with Crippen LogP contribution >= 0.6 is 0 Å². The highest BCUT2D eigenvalue weighted by Gasteiger charge is 2.31. The van der Waals surface area contributed by atoms with Crippen LogP contribution in [-0.4, -0.2) is 50.5 Å². The number of benzene rings is 2. The summed E-state index contributed by atoms with van der Waals surface area (Å²) in [5.74, 6) is -0.385. The van der Waals surface area contributed by atoms with E-state index in [-0.39, 0.29) is 19.0 Å². The van der Waals surface area contributed by atoms with Crippen molar-refractivity contribution in [2.75, 3.05) is 23.7 Å². The molecule has 8 heteroatoms. The first-order valence-corrected chi connectivity index (χ1v) is 13.5. The lowest BCUT2D eigenvalue weighted by atomic mass is 10.0. The first kappa shape index (κ1) is 27.4. The third-order valence-corrected chi connectivity index (χ3v) is 6.88. The fraction of sp³-hybridized carbons (Fsp3) is 0.462. The molecule has 2 aromatic carbocycles. The summed E-state index contributed by atoms with van der Waals surface area (Å²) in [5.41, 5.74) is 3.45. The Kier molecular flexibility index (Phi) is 9.67. The van der Waals surface area contributed by atoms with Crippen molar-refractivity contribution in [1.29, 1.82) is 0 Å². The second-order valence-corrected chi connectivity index (χ2v) is 10.7. The first-order chi connectivity index (χ1) is 16.0. The number of nitrogens with zero attached hydrogens (tertiary/aromatic N) is 2. The summed E-state index contributed by atoms with van der Waals surface area (Å²) in [5, 5.41) is 2.79. The monoisotopic (exact) mass is 487 g/mol. The molecular formula is C26H37N3O4S. The van der Waals surface area contributed by atoms with E-state index in [1.54, 1.807) is 12.1 Å². The van der Waals surface area contributed by atoms with Crippen molar-refractivity contribution < 1.29 is 18.0 Å². The summed E-state index contributed by atoms with van der Waals surface area (Å²) < 4.78 is 26.4. The molecule has 2 amide bonds. The average molecular weight is 488 g/mol. The summed E-state index contributed by atoms with van der Waals surface area (Å²) in [4.78, 5) is 27.8. The number of aryl methyl sites for hydroxylation is 1.